The summed E-state index contributed by atoms with van der Waals surface area (Å²) in [6, 6.07) is 11.9. The summed E-state index contributed by atoms with van der Waals surface area (Å²) in [5.41, 5.74) is 6.11. The molecule has 2 saturated heterocycles. The minimum Gasteiger partial charge on any atom is -0.478 e. The van der Waals surface area contributed by atoms with Crippen LogP contribution in [0.5, 0.6) is 0 Å². The van der Waals surface area contributed by atoms with E-state index in [1.54, 1.807) is 12.1 Å². The average molecular weight is 443 g/mol. The molecule has 0 radical (unpaired) electrons. The van der Waals surface area contributed by atoms with Gasteiger partial charge in [-0.3, -0.25) is 4.90 Å². The van der Waals surface area contributed by atoms with E-state index in [4.69, 9.17) is 4.74 Å². The minimum absolute atomic E-state index is 0.0601. The molecule has 1 aromatic heterocycles. The normalized spacial score (nSPS) is 23.0. The Bertz CT molecular complexity index is 1240. The first-order chi connectivity index (χ1) is 16.0. The molecular weight excluding hydrogens is 412 g/mol. The van der Waals surface area contributed by atoms with Crippen LogP contribution in [0.25, 0.3) is 10.9 Å². The van der Waals surface area contributed by atoms with E-state index in [9.17, 15) is 9.90 Å². The number of hydrogen-bond donors (Lipinski definition) is 2. The number of carboxylic acids is 1. The molecular formula is C28H30N2O3. The lowest BCUT2D eigenvalue weighted by Gasteiger charge is -2.45. The van der Waals surface area contributed by atoms with Crippen molar-refractivity contribution in [2.45, 2.75) is 57.7 Å². The van der Waals surface area contributed by atoms with Gasteiger partial charge in [0.2, 0.25) is 0 Å². The SMILES string of the molecule is CC#Cc1cc(C)c2[nH]ccc2c1CN1CC[C@]2(CCCO2)C[C@H]1c1ccc(C(=O)O)cc1. The largest absolute Gasteiger partial charge is 0.478 e. The highest BCUT2D eigenvalue weighted by molar-refractivity contribution is 5.88. The number of benzene rings is 2. The highest BCUT2D eigenvalue weighted by atomic mass is 16.5. The van der Waals surface area contributed by atoms with E-state index in [0.29, 0.717) is 5.56 Å². The fourth-order valence-corrected chi connectivity index (χ4v) is 5.65. The van der Waals surface area contributed by atoms with Crippen molar-refractivity contribution in [2.75, 3.05) is 13.2 Å². The number of aryl methyl sites for hydroxylation is 1. The van der Waals surface area contributed by atoms with E-state index >= 15 is 0 Å². The number of aromatic amines is 1. The first-order valence-electron chi connectivity index (χ1n) is 11.7. The van der Waals surface area contributed by atoms with Crippen LogP contribution in [0.2, 0.25) is 0 Å². The van der Waals surface area contributed by atoms with Crippen LogP contribution in [0.1, 0.15) is 71.3 Å². The molecule has 1 spiro atoms. The summed E-state index contributed by atoms with van der Waals surface area (Å²) in [4.78, 5) is 17.3. The number of nitrogens with one attached hydrogen (secondary N) is 1. The Balaban J connectivity index is 1.54. The molecule has 0 unspecified atom stereocenters. The molecule has 2 aliphatic rings. The fourth-order valence-electron chi connectivity index (χ4n) is 5.65. The van der Waals surface area contributed by atoms with Crippen molar-refractivity contribution in [3.63, 3.8) is 0 Å². The van der Waals surface area contributed by atoms with Gasteiger partial charge in [-0.2, -0.15) is 0 Å². The van der Waals surface area contributed by atoms with E-state index in [2.05, 4.69) is 40.8 Å². The van der Waals surface area contributed by atoms with E-state index in [-0.39, 0.29) is 11.6 Å². The van der Waals surface area contributed by atoms with Gasteiger partial charge in [-0.15, -0.1) is 5.92 Å². The molecule has 0 amide bonds. The number of H-pyrrole nitrogens is 1. The maximum atomic E-state index is 11.4. The van der Waals surface area contributed by atoms with Gasteiger partial charge in [0.05, 0.1) is 11.2 Å². The Morgan fingerprint density at radius 2 is 2.09 bits per heavy atom. The number of aromatic nitrogens is 1. The van der Waals surface area contributed by atoms with E-state index in [1.807, 2.05) is 25.3 Å². The van der Waals surface area contributed by atoms with Gasteiger partial charge in [0.25, 0.3) is 0 Å². The van der Waals surface area contributed by atoms with Gasteiger partial charge in [-0.05, 0) is 80.5 Å². The molecule has 2 atom stereocenters. The molecule has 170 valence electrons. The van der Waals surface area contributed by atoms with Crippen molar-refractivity contribution < 1.29 is 14.6 Å². The summed E-state index contributed by atoms with van der Waals surface area (Å²) in [6.45, 7) is 6.57. The highest BCUT2D eigenvalue weighted by Gasteiger charge is 2.43. The molecule has 5 heteroatoms. The number of carbonyl (C=O) groups is 1. The summed E-state index contributed by atoms with van der Waals surface area (Å²) in [7, 11) is 0. The first kappa shape index (κ1) is 21.8. The Morgan fingerprint density at radius 3 is 2.79 bits per heavy atom. The number of carboxylic acid groups (broad SMARTS) is 1. The Hall–Kier alpha value is -3.07. The minimum atomic E-state index is -0.894. The predicted octanol–water partition coefficient (Wildman–Crippen LogP) is 5.43. The molecule has 0 aliphatic carbocycles. The van der Waals surface area contributed by atoms with Gasteiger partial charge in [0.15, 0.2) is 0 Å². The number of ether oxygens (including phenoxy) is 1. The van der Waals surface area contributed by atoms with Crippen molar-refractivity contribution in [3.8, 4) is 11.8 Å². The first-order valence-corrected chi connectivity index (χ1v) is 11.7. The fraction of sp³-hybridized carbons (Fsp3) is 0.393. The molecule has 5 nitrogen and oxygen atoms in total. The number of fused-ring (bicyclic) bond motifs is 1. The quantitative estimate of drug-likeness (QED) is 0.529. The zero-order chi connectivity index (χ0) is 23.0. The Labute approximate surface area is 194 Å². The molecule has 2 fully saturated rings. The van der Waals surface area contributed by atoms with Crippen LogP contribution in [0, 0.1) is 18.8 Å². The molecule has 5 rings (SSSR count). The van der Waals surface area contributed by atoms with Gasteiger partial charge in [-0.25, -0.2) is 4.79 Å². The second kappa shape index (κ2) is 8.70. The van der Waals surface area contributed by atoms with Crippen molar-refractivity contribution >= 4 is 16.9 Å². The third-order valence-corrected chi connectivity index (χ3v) is 7.36. The smallest absolute Gasteiger partial charge is 0.335 e. The lowest BCUT2D eigenvalue weighted by atomic mass is 9.81. The number of hydrogen-bond acceptors (Lipinski definition) is 3. The lowest BCUT2D eigenvalue weighted by molar-refractivity contribution is -0.0675. The summed E-state index contributed by atoms with van der Waals surface area (Å²) in [5.74, 6) is 5.53. The molecule has 2 aliphatic heterocycles. The molecule has 2 aromatic carbocycles. The van der Waals surface area contributed by atoms with Crippen LogP contribution in [0.15, 0.2) is 42.6 Å². The summed E-state index contributed by atoms with van der Waals surface area (Å²) in [5, 5.41) is 10.6. The van der Waals surface area contributed by atoms with Crippen LogP contribution in [-0.2, 0) is 11.3 Å². The van der Waals surface area contributed by atoms with Gasteiger partial charge in [0.1, 0.15) is 0 Å². The van der Waals surface area contributed by atoms with Gasteiger partial charge in [0, 0.05) is 48.4 Å². The van der Waals surface area contributed by atoms with Crippen molar-refractivity contribution in [1.82, 2.24) is 9.88 Å². The summed E-state index contributed by atoms with van der Waals surface area (Å²) >= 11 is 0. The van der Waals surface area contributed by atoms with Crippen LogP contribution in [0.4, 0.5) is 0 Å². The summed E-state index contributed by atoms with van der Waals surface area (Å²) < 4.78 is 6.28. The highest BCUT2D eigenvalue weighted by Crippen LogP contribution is 2.45. The third kappa shape index (κ3) is 4.06. The second-order valence-electron chi connectivity index (χ2n) is 9.36. The molecule has 33 heavy (non-hydrogen) atoms. The van der Waals surface area contributed by atoms with E-state index in [1.165, 1.54) is 22.0 Å². The molecule has 3 aromatic rings. The lowest BCUT2D eigenvalue weighted by Crippen LogP contribution is -2.45. The van der Waals surface area contributed by atoms with Crippen LogP contribution in [-0.4, -0.2) is 39.7 Å². The van der Waals surface area contributed by atoms with Crippen molar-refractivity contribution in [1.29, 1.82) is 0 Å². The van der Waals surface area contributed by atoms with Crippen LogP contribution >= 0.6 is 0 Å². The Morgan fingerprint density at radius 1 is 1.27 bits per heavy atom. The van der Waals surface area contributed by atoms with Gasteiger partial charge in [-0.1, -0.05) is 18.1 Å². The predicted molar refractivity (Wildman–Crippen MR) is 129 cm³/mol. The number of nitrogens with zero attached hydrogens (tertiary/aromatic N) is 1. The van der Waals surface area contributed by atoms with Crippen molar-refractivity contribution in [3.05, 3.63) is 70.4 Å². The maximum Gasteiger partial charge on any atom is 0.335 e. The van der Waals surface area contributed by atoms with Crippen LogP contribution < -0.4 is 0 Å². The zero-order valence-corrected chi connectivity index (χ0v) is 19.3. The van der Waals surface area contributed by atoms with E-state index < -0.39 is 5.97 Å². The monoisotopic (exact) mass is 442 g/mol. The molecule has 0 saturated carbocycles. The van der Waals surface area contributed by atoms with Gasteiger partial charge >= 0.3 is 5.97 Å². The summed E-state index contributed by atoms with van der Waals surface area (Å²) in [6.07, 6.45) is 6.17. The van der Waals surface area contributed by atoms with Gasteiger partial charge < -0.3 is 14.8 Å². The number of rotatable bonds is 4. The number of likely N-dealkylation sites (tertiary alicyclic amines) is 1. The molecule has 0 bridgehead atoms. The average Bonchev–Trinajstić information content (AvgIpc) is 3.48. The number of aromatic carboxylic acids is 1. The Kier molecular flexibility index (Phi) is 5.74. The standard InChI is InChI=1S/C28H30N2O3/c1-3-5-22-16-19(2)26-23(10-13-29-26)24(22)18-30-14-12-28(11-4-15-33-28)17-25(30)20-6-8-21(9-7-20)27(31)32/h6-10,13,16,25,29H,4,11-12,14-15,17-18H2,1-2H3,(H,31,32)/t25-,28+/m0/s1. The molecule has 3 heterocycles. The van der Waals surface area contributed by atoms with Crippen molar-refractivity contribution in [2.24, 2.45) is 0 Å². The third-order valence-electron chi connectivity index (χ3n) is 7.36. The van der Waals surface area contributed by atoms with Crippen LogP contribution in [0.3, 0.4) is 0 Å². The zero-order valence-electron chi connectivity index (χ0n) is 19.3. The van der Waals surface area contributed by atoms with E-state index in [0.717, 1.165) is 56.5 Å². The molecule has 2 N–H and O–H groups in total. The maximum absolute atomic E-state index is 11.4. The number of piperidine rings is 1. The topological polar surface area (TPSA) is 65.6 Å². The second-order valence-corrected chi connectivity index (χ2v) is 9.36.